The molecule has 3 aromatic rings. The Morgan fingerprint density at radius 1 is 0.960 bits per heavy atom. The first-order valence-electron chi connectivity index (χ1n) is 18.0. The number of carbonyl (C=O) groups excluding carboxylic acids is 3. The van der Waals surface area contributed by atoms with Crippen LogP contribution in [0.15, 0.2) is 48.5 Å². The van der Waals surface area contributed by atoms with Crippen LogP contribution in [0, 0.1) is 11.3 Å². The van der Waals surface area contributed by atoms with Gasteiger partial charge in [-0.2, -0.15) is 0 Å². The normalized spacial score (nSPS) is 13.9. The Morgan fingerprint density at radius 3 is 2.40 bits per heavy atom. The summed E-state index contributed by atoms with van der Waals surface area (Å²) in [6, 6.07) is 15.8. The van der Waals surface area contributed by atoms with Gasteiger partial charge < -0.3 is 25.0 Å². The van der Waals surface area contributed by atoms with Crippen molar-refractivity contribution in [2.24, 2.45) is 11.3 Å². The predicted molar refractivity (Wildman–Crippen MR) is 197 cm³/mol. The van der Waals surface area contributed by atoms with Gasteiger partial charge in [-0.3, -0.25) is 14.4 Å². The molecule has 0 saturated heterocycles. The van der Waals surface area contributed by atoms with Crippen LogP contribution in [0.25, 0.3) is 22.5 Å². The lowest BCUT2D eigenvalue weighted by Crippen LogP contribution is -2.43. The average molecular weight is 689 g/mol. The van der Waals surface area contributed by atoms with Gasteiger partial charge in [0, 0.05) is 68.1 Å². The summed E-state index contributed by atoms with van der Waals surface area (Å²) >= 11 is 0. The molecule has 1 unspecified atom stereocenters. The third-order valence-electron chi connectivity index (χ3n) is 9.58. The van der Waals surface area contributed by atoms with Gasteiger partial charge in [-0.15, -0.1) is 5.10 Å². The number of para-hydroxylation sites is 1. The van der Waals surface area contributed by atoms with Crippen LogP contribution in [0.5, 0.6) is 0 Å². The summed E-state index contributed by atoms with van der Waals surface area (Å²) in [5.74, 6) is -0.178. The number of nitrogens with zero attached hydrogens (tertiary/aromatic N) is 4. The van der Waals surface area contributed by atoms with Crippen molar-refractivity contribution >= 4 is 23.3 Å². The third-order valence-corrected chi connectivity index (χ3v) is 9.58. The highest BCUT2D eigenvalue weighted by atomic mass is 16.5. The van der Waals surface area contributed by atoms with Crippen LogP contribution >= 0.6 is 0 Å². The molecule has 0 bridgehead atoms. The van der Waals surface area contributed by atoms with Gasteiger partial charge in [0.2, 0.25) is 11.8 Å². The molecule has 50 heavy (non-hydrogen) atoms. The van der Waals surface area contributed by atoms with E-state index in [1.165, 1.54) is 0 Å². The zero-order valence-electron chi connectivity index (χ0n) is 31.0. The van der Waals surface area contributed by atoms with E-state index in [1.54, 1.807) is 4.90 Å². The molecule has 0 radical (unpaired) electrons. The molecule has 0 saturated carbocycles. The van der Waals surface area contributed by atoms with Gasteiger partial charge in [0.05, 0.1) is 30.1 Å². The second kappa shape index (κ2) is 17.8. The zero-order chi connectivity index (χ0) is 36.3. The maximum absolute atomic E-state index is 13.9. The van der Waals surface area contributed by atoms with E-state index in [2.05, 4.69) is 27.0 Å². The number of amides is 2. The highest BCUT2D eigenvalue weighted by Crippen LogP contribution is 2.41. The van der Waals surface area contributed by atoms with E-state index in [0.29, 0.717) is 52.3 Å². The number of ketones is 1. The third kappa shape index (κ3) is 9.86. The van der Waals surface area contributed by atoms with Crippen LogP contribution in [-0.2, 0) is 36.9 Å². The molecule has 2 N–H and O–H groups in total. The number of fused-ring (bicyclic) bond motifs is 5. The van der Waals surface area contributed by atoms with E-state index in [4.69, 9.17) is 9.47 Å². The Bertz CT molecular complexity index is 1600. The van der Waals surface area contributed by atoms with E-state index < -0.39 is 11.0 Å². The number of rotatable bonds is 19. The minimum absolute atomic E-state index is 0.0336. The Kier molecular flexibility index (Phi) is 13.9. The lowest BCUT2D eigenvalue weighted by atomic mass is 9.80. The number of benzene rings is 2. The van der Waals surface area contributed by atoms with Gasteiger partial charge in [0.15, 0.2) is 0 Å². The van der Waals surface area contributed by atoms with Crippen molar-refractivity contribution in [2.45, 2.75) is 92.3 Å². The van der Waals surface area contributed by atoms with Gasteiger partial charge >= 0.3 is 0 Å². The summed E-state index contributed by atoms with van der Waals surface area (Å²) in [5, 5.41) is 15.3. The summed E-state index contributed by atoms with van der Waals surface area (Å²) in [6.45, 7) is 15.5. The second-order valence-corrected chi connectivity index (χ2v) is 14.3. The molecule has 4 rings (SSSR count). The number of hydrogen-bond acceptors (Lipinski definition) is 8. The molecule has 11 nitrogen and oxygen atoms in total. The van der Waals surface area contributed by atoms with Gasteiger partial charge in [-0.1, -0.05) is 82.3 Å². The number of Topliss-reactive ketones (excluding diaryl/α,β-unsaturated/α-hetero) is 1. The number of anilines is 1. The average Bonchev–Trinajstić information content (AvgIpc) is 3.52. The molecule has 11 heteroatoms. The van der Waals surface area contributed by atoms with Crippen LogP contribution in [0.1, 0.15) is 79.2 Å². The van der Waals surface area contributed by atoms with Crippen LogP contribution in [0.2, 0.25) is 0 Å². The van der Waals surface area contributed by atoms with Crippen molar-refractivity contribution in [1.29, 1.82) is 0 Å². The molecule has 1 aromatic heterocycles. The fourth-order valence-corrected chi connectivity index (χ4v) is 6.25. The first kappa shape index (κ1) is 38.9. The number of carbonyl (C=O) groups is 3. The highest BCUT2D eigenvalue weighted by Gasteiger charge is 2.32. The SMILES string of the molecule is CCC(C)(CNC(=O)CCC(=O)N1Cc2ccccc2-c2c(nnn2CCCOCCNC)-c2ccccc21)OCCC(C)(C)C(=O)C(C)C. The van der Waals surface area contributed by atoms with Crippen molar-refractivity contribution in [3.05, 3.63) is 54.1 Å². The van der Waals surface area contributed by atoms with Gasteiger partial charge in [0.25, 0.3) is 0 Å². The molecule has 1 aliphatic heterocycles. The summed E-state index contributed by atoms with van der Waals surface area (Å²) in [4.78, 5) is 41.3. The van der Waals surface area contributed by atoms with Crippen molar-refractivity contribution in [1.82, 2.24) is 25.6 Å². The van der Waals surface area contributed by atoms with Crippen molar-refractivity contribution in [2.75, 3.05) is 44.9 Å². The molecule has 0 spiro atoms. The van der Waals surface area contributed by atoms with E-state index in [1.807, 2.05) is 95.7 Å². The Morgan fingerprint density at radius 2 is 1.68 bits per heavy atom. The molecule has 0 aliphatic carbocycles. The topological polar surface area (TPSA) is 128 Å². The standard InChI is InChI=1S/C39H56N6O5/c1-8-39(6,50-24-20-38(4,5)37(48)28(2)3)27-41-33(46)18-19-34(47)44-26-29-14-9-10-15-30(29)36-35(31-16-11-12-17-32(31)44)42-43-45(36)22-13-23-49-25-21-40-7/h9-12,14-17,28,40H,8,13,18-27H2,1-7H3,(H,41,46). The quantitative estimate of drug-likeness (QED) is 0.151. The number of nitrogens with one attached hydrogen (secondary N) is 2. The molecule has 2 amide bonds. The predicted octanol–water partition coefficient (Wildman–Crippen LogP) is 5.81. The van der Waals surface area contributed by atoms with Gasteiger partial charge in [-0.05, 0) is 44.9 Å². The van der Waals surface area contributed by atoms with Crippen LogP contribution < -0.4 is 15.5 Å². The van der Waals surface area contributed by atoms with E-state index in [9.17, 15) is 14.4 Å². The monoisotopic (exact) mass is 688 g/mol. The molecular formula is C39H56N6O5. The minimum atomic E-state index is -0.586. The number of ether oxygens (including phenoxy) is 2. The molecular weight excluding hydrogens is 632 g/mol. The van der Waals surface area contributed by atoms with Crippen molar-refractivity contribution in [3.63, 3.8) is 0 Å². The molecule has 272 valence electrons. The molecule has 0 fully saturated rings. The fourth-order valence-electron chi connectivity index (χ4n) is 6.25. The number of hydrogen-bond donors (Lipinski definition) is 2. The van der Waals surface area contributed by atoms with Crippen LogP contribution in [0.3, 0.4) is 0 Å². The molecule has 2 aromatic carbocycles. The van der Waals surface area contributed by atoms with E-state index >= 15 is 0 Å². The summed E-state index contributed by atoms with van der Waals surface area (Å²) in [6.07, 6.45) is 2.17. The molecule has 1 aliphatic rings. The zero-order valence-corrected chi connectivity index (χ0v) is 31.0. The largest absolute Gasteiger partial charge is 0.380 e. The van der Waals surface area contributed by atoms with Gasteiger partial charge in [-0.25, -0.2) is 4.68 Å². The Balaban J connectivity index is 1.43. The van der Waals surface area contributed by atoms with E-state index in [0.717, 1.165) is 46.7 Å². The number of aryl methyl sites for hydroxylation is 1. The number of likely N-dealkylation sites (N-methyl/N-ethyl adjacent to an activating group) is 1. The van der Waals surface area contributed by atoms with Crippen LogP contribution in [0.4, 0.5) is 5.69 Å². The smallest absolute Gasteiger partial charge is 0.227 e. The summed E-state index contributed by atoms with van der Waals surface area (Å²) < 4.78 is 13.9. The second-order valence-electron chi connectivity index (χ2n) is 14.3. The van der Waals surface area contributed by atoms with Crippen LogP contribution in [-0.4, -0.2) is 78.2 Å². The lowest BCUT2D eigenvalue weighted by Gasteiger charge is -2.32. The maximum Gasteiger partial charge on any atom is 0.227 e. The Labute approximate surface area is 297 Å². The number of aromatic nitrogens is 3. The lowest BCUT2D eigenvalue weighted by molar-refractivity contribution is -0.132. The molecule has 1 atom stereocenters. The van der Waals surface area contributed by atoms with Gasteiger partial charge in [0.1, 0.15) is 11.5 Å². The summed E-state index contributed by atoms with van der Waals surface area (Å²) in [7, 11) is 1.90. The Hall–Kier alpha value is -3.93. The van der Waals surface area contributed by atoms with Crippen molar-refractivity contribution < 1.29 is 23.9 Å². The van der Waals surface area contributed by atoms with E-state index in [-0.39, 0.29) is 36.4 Å². The fraction of sp³-hybridized carbons (Fsp3) is 0.564. The molecule has 2 heterocycles. The van der Waals surface area contributed by atoms with Crippen molar-refractivity contribution in [3.8, 4) is 22.5 Å². The summed E-state index contributed by atoms with van der Waals surface area (Å²) in [5.41, 5.74) is 4.09. The first-order chi connectivity index (χ1) is 23.9. The maximum atomic E-state index is 13.9. The first-order valence-corrected chi connectivity index (χ1v) is 18.0. The minimum Gasteiger partial charge on any atom is -0.380 e. The highest BCUT2D eigenvalue weighted by molar-refractivity contribution is 6.01.